The van der Waals surface area contributed by atoms with Crippen molar-refractivity contribution in [2.45, 2.75) is 51.2 Å². The molecule has 2 aliphatic rings. The highest BCUT2D eigenvalue weighted by molar-refractivity contribution is 5.33. The first-order valence-electron chi connectivity index (χ1n) is 9.73. The van der Waals surface area contributed by atoms with E-state index in [1.54, 1.807) is 6.07 Å². The fraction of sp³-hybridized carbons (Fsp3) is 0.591. The largest absolute Gasteiger partial charge is 0.348 e. The van der Waals surface area contributed by atoms with Crippen LogP contribution < -0.4 is 0 Å². The summed E-state index contributed by atoms with van der Waals surface area (Å²) in [6.07, 6.45) is 10.4. The number of nitriles is 1. The van der Waals surface area contributed by atoms with Crippen LogP contribution in [0.4, 0.5) is 4.39 Å². The Balaban J connectivity index is 1.40. The fourth-order valence-corrected chi connectivity index (χ4v) is 4.13. The van der Waals surface area contributed by atoms with Crippen molar-refractivity contribution in [3.05, 3.63) is 47.8 Å². The third-order valence-corrected chi connectivity index (χ3v) is 5.80. The molecule has 0 spiro atoms. The molecule has 1 aromatic carbocycles. The first kappa shape index (κ1) is 19.1. The SMILES string of the molecule is C=CC[C@H]1CC[C@H](CC[C@H]2CO[C@H](c3ccc(C#N)c(F)c3)OC2)CC1. The van der Waals surface area contributed by atoms with Crippen molar-refractivity contribution in [2.24, 2.45) is 17.8 Å². The number of benzene rings is 1. The van der Waals surface area contributed by atoms with Crippen LogP contribution in [0, 0.1) is 34.9 Å². The zero-order chi connectivity index (χ0) is 18.4. The van der Waals surface area contributed by atoms with Crippen molar-refractivity contribution in [3.63, 3.8) is 0 Å². The van der Waals surface area contributed by atoms with E-state index in [9.17, 15) is 4.39 Å². The van der Waals surface area contributed by atoms with Gasteiger partial charge in [-0.05, 0) is 49.7 Å². The van der Waals surface area contributed by atoms with Gasteiger partial charge in [-0.2, -0.15) is 5.26 Å². The smallest absolute Gasteiger partial charge is 0.183 e. The van der Waals surface area contributed by atoms with Gasteiger partial charge in [-0.25, -0.2) is 4.39 Å². The molecular weight excluding hydrogens is 329 g/mol. The molecule has 0 bridgehead atoms. The van der Waals surface area contributed by atoms with Crippen LogP contribution in [0.5, 0.6) is 0 Å². The lowest BCUT2D eigenvalue weighted by molar-refractivity contribution is -0.206. The molecule has 1 heterocycles. The van der Waals surface area contributed by atoms with Crippen LogP contribution in [0.3, 0.4) is 0 Å². The quantitative estimate of drug-likeness (QED) is 0.629. The van der Waals surface area contributed by atoms with E-state index in [-0.39, 0.29) is 5.56 Å². The zero-order valence-electron chi connectivity index (χ0n) is 15.3. The number of hydrogen-bond donors (Lipinski definition) is 0. The summed E-state index contributed by atoms with van der Waals surface area (Å²) in [6.45, 7) is 5.15. The van der Waals surface area contributed by atoms with E-state index in [1.165, 1.54) is 44.2 Å². The predicted octanol–water partition coefficient (Wildman–Crippen LogP) is 5.52. The molecule has 2 fully saturated rings. The molecule has 140 valence electrons. The number of nitrogens with zero attached hydrogens (tertiary/aromatic N) is 1. The maximum Gasteiger partial charge on any atom is 0.183 e. The molecule has 1 aromatic rings. The van der Waals surface area contributed by atoms with E-state index in [1.807, 2.05) is 6.07 Å². The van der Waals surface area contributed by atoms with Gasteiger partial charge in [-0.15, -0.1) is 6.58 Å². The summed E-state index contributed by atoms with van der Waals surface area (Å²) in [5.74, 6) is 1.58. The minimum absolute atomic E-state index is 0.0465. The number of halogens is 1. The molecule has 3 nitrogen and oxygen atoms in total. The van der Waals surface area contributed by atoms with Crippen molar-refractivity contribution in [1.29, 1.82) is 5.26 Å². The molecule has 1 saturated heterocycles. The maximum absolute atomic E-state index is 13.7. The highest BCUT2D eigenvalue weighted by Crippen LogP contribution is 2.35. The highest BCUT2D eigenvalue weighted by Gasteiger charge is 2.26. The standard InChI is InChI=1S/C22H28FNO2/c1-2-3-16-4-6-17(7-5-16)8-9-18-14-25-22(26-15-18)19-10-11-20(13-24)21(23)12-19/h2,10-12,16-18,22H,1,3-9,14-15H2/t16-,17-,18-,22-. The van der Waals surface area contributed by atoms with Crippen LogP contribution in [0.25, 0.3) is 0 Å². The Morgan fingerprint density at radius 3 is 2.35 bits per heavy atom. The van der Waals surface area contributed by atoms with Crippen molar-refractivity contribution in [2.75, 3.05) is 13.2 Å². The molecule has 1 aliphatic carbocycles. The normalized spacial score (nSPS) is 29.1. The Labute approximate surface area is 155 Å². The molecule has 4 heteroatoms. The summed E-state index contributed by atoms with van der Waals surface area (Å²) in [5.41, 5.74) is 0.686. The molecule has 1 saturated carbocycles. The summed E-state index contributed by atoms with van der Waals surface area (Å²) in [6, 6.07) is 6.35. The van der Waals surface area contributed by atoms with Crippen molar-refractivity contribution >= 4 is 0 Å². The zero-order valence-corrected chi connectivity index (χ0v) is 15.3. The molecule has 1 aliphatic heterocycles. The van der Waals surface area contributed by atoms with E-state index in [0.717, 1.165) is 24.7 Å². The Hall–Kier alpha value is -1.70. The third kappa shape index (κ3) is 4.93. The van der Waals surface area contributed by atoms with Crippen LogP contribution in [0.2, 0.25) is 0 Å². The fourth-order valence-electron chi connectivity index (χ4n) is 4.13. The number of ether oxygens (including phenoxy) is 2. The van der Waals surface area contributed by atoms with Gasteiger partial charge in [0, 0.05) is 11.5 Å². The highest BCUT2D eigenvalue weighted by atomic mass is 19.1. The van der Waals surface area contributed by atoms with E-state index in [0.29, 0.717) is 24.7 Å². The van der Waals surface area contributed by atoms with E-state index >= 15 is 0 Å². The lowest BCUT2D eigenvalue weighted by Gasteiger charge is -2.32. The minimum atomic E-state index is -0.525. The summed E-state index contributed by atoms with van der Waals surface area (Å²) >= 11 is 0. The average Bonchev–Trinajstić information content (AvgIpc) is 2.68. The molecule has 0 amide bonds. The van der Waals surface area contributed by atoms with Crippen molar-refractivity contribution < 1.29 is 13.9 Å². The lowest BCUT2D eigenvalue weighted by atomic mass is 9.78. The minimum Gasteiger partial charge on any atom is -0.348 e. The van der Waals surface area contributed by atoms with Crippen LogP contribution in [-0.2, 0) is 9.47 Å². The molecule has 0 atom stereocenters. The molecule has 0 unspecified atom stereocenters. The van der Waals surface area contributed by atoms with Gasteiger partial charge in [0.2, 0.25) is 0 Å². The number of allylic oxidation sites excluding steroid dienone is 1. The molecule has 3 rings (SSSR count). The summed E-state index contributed by atoms with van der Waals surface area (Å²) in [7, 11) is 0. The molecule has 0 N–H and O–H groups in total. The second-order valence-corrected chi connectivity index (χ2v) is 7.70. The van der Waals surface area contributed by atoms with E-state index < -0.39 is 12.1 Å². The summed E-state index contributed by atoms with van der Waals surface area (Å²) < 4.78 is 25.4. The Morgan fingerprint density at radius 1 is 1.08 bits per heavy atom. The predicted molar refractivity (Wildman–Crippen MR) is 98.7 cm³/mol. The van der Waals surface area contributed by atoms with Gasteiger partial charge >= 0.3 is 0 Å². The lowest BCUT2D eigenvalue weighted by Crippen LogP contribution is -2.28. The van der Waals surface area contributed by atoms with Crippen LogP contribution in [-0.4, -0.2) is 13.2 Å². The molecular formula is C22H28FNO2. The number of rotatable bonds is 6. The maximum atomic E-state index is 13.7. The van der Waals surface area contributed by atoms with Crippen LogP contribution in [0.15, 0.2) is 30.9 Å². The van der Waals surface area contributed by atoms with Crippen molar-refractivity contribution in [3.8, 4) is 6.07 Å². The number of hydrogen-bond acceptors (Lipinski definition) is 3. The van der Waals surface area contributed by atoms with Gasteiger partial charge in [0.15, 0.2) is 6.29 Å². The van der Waals surface area contributed by atoms with E-state index in [4.69, 9.17) is 14.7 Å². The van der Waals surface area contributed by atoms with Gasteiger partial charge in [-0.1, -0.05) is 31.4 Å². The first-order valence-corrected chi connectivity index (χ1v) is 9.73. The molecule has 0 aromatic heterocycles. The van der Waals surface area contributed by atoms with Crippen LogP contribution in [0.1, 0.15) is 62.4 Å². The summed E-state index contributed by atoms with van der Waals surface area (Å²) in [5, 5.41) is 8.81. The van der Waals surface area contributed by atoms with Gasteiger partial charge in [-0.3, -0.25) is 0 Å². The second-order valence-electron chi connectivity index (χ2n) is 7.70. The van der Waals surface area contributed by atoms with Gasteiger partial charge in [0.25, 0.3) is 0 Å². The van der Waals surface area contributed by atoms with E-state index in [2.05, 4.69) is 12.7 Å². The van der Waals surface area contributed by atoms with Gasteiger partial charge < -0.3 is 9.47 Å². The van der Waals surface area contributed by atoms with Gasteiger partial charge in [0.1, 0.15) is 11.9 Å². The molecule has 0 radical (unpaired) electrons. The first-order chi connectivity index (χ1) is 12.7. The topological polar surface area (TPSA) is 42.2 Å². The van der Waals surface area contributed by atoms with Crippen molar-refractivity contribution in [1.82, 2.24) is 0 Å². The third-order valence-electron chi connectivity index (χ3n) is 5.80. The monoisotopic (exact) mass is 357 g/mol. The Bertz CT molecular complexity index is 638. The second kappa shape index (κ2) is 9.30. The Kier molecular flexibility index (Phi) is 6.82. The Morgan fingerprint density at radius 2 is 1.73 bits per heavy atom. The summed E-state index contributed by atoms with van der Waals surface area (Å²) in [4.78, 5) is 0. The molecule has 26 heavy (non-hydrogen) atoms. The van der Waals surface area contributed by atoms with Crippen LogP contribution >= 0.6 is 0 Å². The average molecular weight is 357 g/mol. The van der Waals surface area contributed by atoms with Gasteiger partial charge in [0.05, 0.1) is 18.8 Å².